The highest BCUT2D eigenvalue weighted by Gasteiger charge is 2.52. The zero-order valence-electron chi connectivity index (χ0n) is 15.4. The lowest BCUT2D eigenvalue weighted by Crippen LogP contribution is -2.61. The van der Waals surface area contributed by atoms with Crippen LogP contribution in [-0.2, 0) is 10.2 Å². The number of aliphatic imine (C=N–C) groups is 1. The molecule has 0 aromatic heterocycles. The van der Waals surface area contributed by atoms with Crippen LogP contribution in [0.2, 0.25) is 0 Å². The second kappa shape index (κ2) is 5.48. The molecule has 1 atom stereocenters. The fourth-order valence-corrected chi connectivity index (χ4v) is 4.34. The summed E-state index contributed by atoms with van der Waals surface area (Å²) in [6, 6.07) is 9.56. The maximum Gasteiger partial charge on any atom is 0.292 e. The van der Waals surface area contributed by atoms with Crippen LogP contribution in [0.15, 0.2) is 29.3 Å². The molecule has 0 aliphatic carbocycles. The van der Waals surface area contributed by atoms with E-state index in [4.69, 9.17) is 9.73 Å². The molecule has 3 fully saturated rings. The van der Waals surface area contributed by atoms with Gasteiger partial charge in [0, 0.05) is 25.2 Å². The van der Waals surface area contributed by atoms with Crippen molar-refractivity contribution in [3.63, 3.8) is 0 Å². The molecule has 4 heteroatoms. The Morgan fingerprint density at radius 2 is 1.83 bits per heavy atom. The number of rotatable bonds is 1. The highest BCUT2D eigenvalue weighted by atomic mass is 16.5. The van der Waals surface area contributed by atoms with Crippen LogP contribution >= 0.6 is 0 Å². The smallest absolute Gasteiger partial charge is 0.292 e. The third kappa shape index (κ3) is 2.61. The Balaban J connectivity index is 1.49. The fraction of sp³-hybridized carbons (Fsp3) is 0.650. The monoisotopic (exact) mass is 327 g/mol. The van der Waals surface area contributed by atoms with Crippen LogP contribution in [0.1, 0.15) is 39.2 Å². The average molecular weight is 327 g/mol. The zero-order valence-corrected chi connectivity index (χ0v) is 15.4. The van der Waals surface area contributed by atoms with Gasteiger partial charge in [-0.1, -0.05) is 32.9 Å². The molecule has 0 N–H and O–H groups in total. The van der Waals surface area contributed by atoms with E-state index in [9.17, 15) is 0 Å². The SMILES string of the molecule is CN(C1=NCC2(CN3CCC2CC3)O1)c1ccc(C(C)(C)C)cc1. The van der Waals surface area contributed by atoms with Gasteiger partial charge in [-0.2, -0.15) is 0 Å². The first-order valence-corrected chi connectivity index (χ1v) is 9.17. The lowest BCUT2D eigenvalue weighted by atomic mass is 9.75. The van der Waals surface area contributed by atoms with Crippen LogP contribution in [-0.4, -0.2) is 49.7 Å². The van der Waals surface area contributed by atoms with Gasteiger partial charge in [-0.05, 0) is 49.0 Å². The summed E-state index contributed by atoms with van der Waals surface area (Å²) < 4.78 is 6.47. The molecule has 24 heavy (non-hydrogen) atoms. The van der Waals surface area contributed by atoms with E-state index in [0.29, 0.717) is 5.92 Å². The van der Waals surface area contributed by atoms with E-state index < -0.39 is 0 Å². The van der Waals surface area contributed by atoms with Gasteiger partial charge in [-0.3, -0.25) is 9.80 Å². The molecule has 3 saturated heterocycles. The number of ether oxygens (including phenoxy) is 1. The van der Waals surface area contributed by atoms with E-state index in [1.165, 1.54) is 31.5 Å². The molecule has 1 spiro atoms. The summed E-state index contributed by atoms with van der Waals surface area (Å²) in [5.74, 6) is 0.667. The van der Waals surface area contributed by atoms with Crippen molar-refractivity contribution in [2.24, 2.45) is 10.9 Å². The Kier molecular flexibility index (Phi) is 3.64. The van der Waals surface area contributed by atoms with Crippen LogP contribution in [0, 0.1) is 5.92 Å². The second-order valence-corrected chi connectivity index (χ2v) is 8.67. The van der Waals surface area contributed by atoms with Gasteiger partial charge in [0.1, 0.15) is 5.60 Å². The van der Waals surface area contributed by atoms with Gasteiger partial charge in [0.25, 0.3) is 6.02 Å². The lowest BCUT2D eigenvalue weighted by molar-refractivity contribution is -0.0836. The van der Waals surface area contributed by atoms with E-state index in [0.717, 1.165) is 24.8 Å². The van der Waals surface area contributed by atoms with Gasteiger partial charge in [0.2, 0.25) is 0 Å². The van der Waals surface area contributed by atoms with Crippen molar-refractivity contribution in [1.29, 1.82) is 0 Å². The molecule has 0 saturated carbocycles. The van der Waals surface area contributed by atoms with Crippen LogP contribution in [0.25, 0.3) is 0 Å². The predicted octanol–water partition coefficient (Wildman–Crippen LogP) is 3.27. The summed E-state index contributed by atoms with van der Waals surface area (Å²) >= 11 is 0. The molecule has 5 rings (SSSR count). The first-order chi connectivity index (χ1) is 11.4. The topological polar surface area (TPSA) is 28.1 Å². The quantitative estimate of drug-likeness (QED) is 0.792. The third-order valence-electron chi connectivity index (χ3n) is 6.01. The molecule has 2 bridgehead atoms. The van der Waals surface area contributed by atoms with E-state index in [1.54, 1.807) is 0 Å². The Labute approximate surface area is 145 Å². The minimum absolute atomic E-state index is 0.0640. The molecule has 1 unspecified atom stereocenters. The first-order valence-electron chi connectivity index (χ1n) is 9.17. The number of hydrogen-bond acceptors (Lipinski definition) is 4. The Morgan fingerprint density at radius 3 is 2.38 bits per heavy atom. The number of piperidine rings is 3. The average Bonchev–Trinajstić information content (AvgIpc) is 2.98. The van der Waals surface area contributed by atoms with Gasteiger partial charge in [-0.15, -0.1) is 0 Å². The highest BCUT2D eigenvalue weighted by molar-refractivity contribution is 5.92. The summed E-state index contributed by atoms with van der Waals surface area (Å²) in [5, 5.41) is 0. The van der Waals surface area contributed by atoms with Crippen LogP contribution in [0.5, 0.6) is 0 Å². The van der Waals surface area contributed by atoms with Crippen molar-refractivity contribution in [3.05, 3.63) is 29.8 Å². The lowest BCUT2D eigenvalue weighted by Gasteiger charge is -2.50. The normalized spacial score (nSPS) is 31.9. The minimum Gasteiger partial charge on any atom is -0.455 e. The first kappa shape index (κ1) is 15.9. The molecule has 4 aliphatic rings. The Morgan fingerprint density at radius 1 is 1.17 bits per heavy atom. The van der Waals surface area contributed by atoms with E-state index >= 15 is 0 Å². The van der Waals surface area contributed by atoms with Crippen molar-refractivity contribution < 1.29 is 4.74 Å². The number of hydrogen-bond donors (Lipinski definition) is 0. The summed E-state index contributed by atoms with van der Waals surface area (Å²) in [7, 11) is 2.06. The summed E-state index contributed by atoms with van der Waals surface area (Å²) in [6.45, 7) is 11.0. The van der Waals surface area contributed by atoms with Gasteiger partial charge in [0.05, 0.1) is 6.54 Å². The van der Waals surface area contributed by atoms with Crippen LogP contribution < -0.4 is 4.90 Å². The summed E-state index contributed by atoms with van der Waals surface area (Å²) in [5.41, 5.74) is 2.60. The molecule has 130 valence electrons. The maximum atomic E-state index is 6.47. The summed E-state index contributed by atoms with van der Waals surface area (Å²) in [4.78, 5) is 9.41. The second-order valence-electron chi connectivity index (χ2n) is 8.67. The molecule has 1 aromatic rings. The third-order valence-corrected chi connectivity index (χ3v) is 6.01. The molecular formula is C20H29N3O. The number of benzene rings is 1. The van der Waals surface area contributed by atoms with Crippen LogP contribution in [0.4, 0.5) is 5.69 Å². The van der Waals surface area contributed by atoms with Crippen molar-refractivity contribution in [1.82, 2.24) is 4.90 Å². The Bertz CT molecular complexity index is 638. The largest absolute Gasteiger partial charge is 0.455 e. The van der Waals surface area contributed by atoms with Crippen molar-refractivity contribution in [2.75, 3.05) is 38.1 Å². The standard InChI is InChI=1S/C20H29N3O/c1-19(2,3)15-5-7-17(8-6-15)22(4)18-21-13-20(24-18)14-23-11-9-16(20)10-12-23/h5-8,16H,9-14H2,1-4H3. The van der Waals surface area contributed by atoms with Gasteiger partial charge >= 0.3 is 0 Å². The zero-order chi connectivity index (χ0) is 16.9. The Hall–Kier alpha value is -1.55. The van der Waals surface area contributed by atoms with Gasteiger partial charge < -0.3 is 4.74 Å². The maximum absolute atomic E-state index is 6.47. The van der Waals surface area contributed by atoms with Gasteiger partial charge in [-0.25, -0.2) is 4.99 Å². The van der Waals surface area contributed by atoms with E-state index in [-0.39, 0.29) is 11.0 Å². The molecule has 0 amide bonds. The highest BCUT2D eigenvalue weighted by Crippen LogP contribution is 2.41. The number of nitrogens with zero attached hydrogens (tertiary/aromatic N) is 3. The predicted molar refractivity (Wildman–Crippen MR) is 98.8 cm³/mol. The van der Waals surface area contributed by atoms with E-state index in [1.807, 2.05) is 0 Å². The molecule has 4 aliphatic heterocycles. The van der Waals surface area contributed by atoms with Crippen LogP contribution in [0.3, 0.4) is 0 Å². The number of fused-ring (bicyclic) bond motifs is 2. The van der Waals surface area contributed by atoms with Crippen molar-refractivity contribution >= 4 is 11.7 Å². The van der Waals surface area contributed by atoms with E-state index in [2.05, 4.69) is 61.9 Å². The number of amidine groups is 1. The molecular weight excluding hydrogens is 298 g/mol. The molecule has 4 heterocycles. The minimum atomic E-state index is -0.0640. The fourth-order valence-electron chi connectivity index (χ4n) is 4.34. The molecule has 0 radical (unpaired) electrons. The molecule has 4 nitrogen and oxygen atoms in total. The van der Waals surface area contributed by atoms with Gasteiger partial charge in [0.15, 0.2) is 0 Å². The van der Waals surface area contributed by atoms with Crippen molar-refractivity contribution in [3.8, 4) is 0 Å². The summed E-state index contributed by atoms with van der Waals surface area (Å²) in [6.07, 6.45) is 2.51. The number of anilines is 1. The van der Waals surface area contributed by atoms with Crippen molar-refractivity contribution in [2.45, 2.75) is 44.6 Å². The molecule has 1 aromatic carbocycles.